The highest BCUT2D eigenvalue weighted by Gasteiger charge is 2.41. The van der Waals surface area contributed by atoms with Gasteiger partial charge in [-0.25, -0.2) is 9.78 Å². The lowest BCUT2D eigenvalue weighted by Crippen LogP contribution is -2.42. The highest BCUT2D eigenvalue weighted by Crippen LogP contribution is 2.41. The molecular weight excluding hydrogens is 286 g/mol. The highest BCUT2D eigenvalue weighted by atomic mass is 16.6. The van der Waals surface area contributed by atoms with E-state index >= 15 is 0 Å². The van der Waals surface area contributed by atoms with Crippen LogP contribution < -0.4 is 4.74 Å². The average Bonchev–Trinajstić information content (AvgIpc) is 2.55. The lowest BCUT2D eigenvalue weighted by Gasteiger charge is -2.39. The molecule has 0 spiro atoms. The maximum Gasteiger partial charge on any atom is 0.357 e. The van der Waals surface area contributed by atoms with E-state index in [-0.39, 0.29) is 12.3 Å². The first-order valence-electron chi connectivity index (χ1n) is 7.53. The second kappa shape index (κ2) is 6.62. The Morgan fingerprint density at radius 1 is 1.55 bits per heavy atom. The van der Waals surface area contributed by atoms with E-state index in [4.69, 9.17) is 14.2 Å². The van der Waals surface area contributed by atoms with Gasteiger partial charge in [0.1, 0.15) is 0 Å². The summed E-state index contributed by atoms with van der Waals surface area (Å²) < 4.78 is 15.9. The van der Waals surface area contributed by atoms with Crippen LogP contribution in [0.15, 0.2) is 6.07 Å². The number of hydrogen-bond acceptors (Lipinski definition) is 6. The topological polar surface area (TPSA) is 77.9 Å². The number of fused-ring (bicyclic) bond motifs is 1. The molecule has 2 heterocycles. The van der Waals surface area contributed by atoms with E-state index in [1.807, 2.05) is 20.8 Å². The molecule has 1 aromatic rings. The van der Waals surface area contributed by atoms with Gasteiger partial charge >= 0.3 is 5.97 Å². The smallest absolute Gasteiger partial charge is 0.357 e. The molecule has 2 unspecified atom stereocenters. The molecule has 2 atom stereocenters. The van der Waals surface area contributed by atoms with Crippen molar-refractivity contribution in [3.05, 3.63) is 22.9 Å². The van der Waals surface area contributed by atoms with Gasteiger partial charge in [-0.05, 0) is 24.5 Å². The van der Waals surface area contributed by atoms with Gasteiger partial charge in [0.2, 0.25) is 5.88 Å². The Bertz CT molecular complexity index is 560. The fourth-order valence-electron chi connectivity index (χ4n) is 2.58. The van der Waals surface area contributed by atoms with E-state index in [0.29, 0.717) is 18.9 Å². The predicted molar refractivity (Wildman–Crippen MR) is 79.8 cm³/mol. The molecule has 0 aromatic carbocycles. The van der Waals surface area contributed by atoms with E-state index in [2.05, 4.69) is 4.98 Å². The molecule has 1 aliphatic heterocycles. The summed E-state index contributed by atoms with van der Waals surface area (Å²) in [4.78, 5) is 16.3. The molecule has 1 aliphatic rings. The summed E-state index contributed by atoms with van der Waals surface area (Å²) in [6.45, 7) is 6.33. The average molecular weight is 309 g/mol. The molecule has 6 nitrogen and oxygen atoms in total. The van der Waals surface area contributed by atoms with Gasteiger partial charge in [0, 0.05) is 11.0 Å². The number of nitrogens with zero attached hydrogens (tertiary/aromatic N) is 1. The number of aliphatic hydroxyl groups excluding tert-OH is 1. The Kier molecular flexibility index (Phi) is 5.03. The van der Waals surface area contributed by atoms with Crippen molar-refractivity contribution in [3.8, 4) is 5.88 Å². The van der Waals surface area contributed by atoms with Gasteiger partial charge in [-0.1, -0.05) is 20.8 Å². The van der Waals surface area contributed by atoms with Gasteiger partial charge < -0.3 is 19.3 Å². The zero-order chi connectivity index (χ0) is 16.3. The minimum Gasteiger partial charge on any atom is -0.481 e. The SMILES string of the molecule is CCCOC(=O)c1cc2c(c(OC)n1)COC(O)C2(C)CC. The Balaban J connectivity index is 2.51. The molecule has 2 rings (SSSR count). The lowest BCUT2D eigenvalue weighted by molar-refractivity contribution is -0.163. The van der Waals surface area contributed by atoms with Crippen molar-refractivity contribution in [1.29, 1.82) is 0 Å². The third kappa shape index (κ3) is 2.80. The summed E-state index contributed by atoms with van der Waals surface area (Å²) in [5.74, 6) is -0.144. The molecule has 0 aliphatic carbocycles. The van der Waals surface area contributed by atoms with Gasteiger partial charge in [0.25, 0.3) is 0 Å². The molecule has 0 saturated carbocycles. The number of rotatable bonds is 5. The van der Waals surface area contributed by atoms with E-state index in [9.17, 15) is 9.90 Å². The number of aliphatic hydroxyl groups is 1. The second-order valence-electron chi connectivity index (χ2n) is 5.61. The number of carbonyl (C=O) groups is 1. The van der Waals surface area contributed by atoms with E-state index in [1.165, 1.54) is 7.11 Å². The first-order chi connectivity index (χ1) is 10.5. The quantitative estimate of drug-likeness (QED) is 0.840. The number of hydrogen-bond donors (Lipinski definition) is 1. The van der Waals surface area contributed by atoms with Crippen molar-refractivity contribution in [2.45, 2.75) is 51.9 Å². The molecule has 0 saturated heterocycles. The zero-order valence-corrected chi connectivity index (χ0v) is 13.5. The molecule has 22 heavy (non-hydrogen) atoms. The Labute approximate surface area is 130 Å². The summed E-state index contributed by atoms with van der Waals surface area (Å²) in [6, 6.07) is 1.69. The van der Waals surface area contributed by atoms with Gasteiger partial charge in [0.05, 0.1) is 20.3 Å². The van der Waals surface area contributed by atoms with Crippen LogP contribution in [0.4, 0.5) is 0 Å². The number of carbonyl (C=O) groups excluding carboxylic acids is 1. The van der Waals surface area contributed by atoms with Gasteiger partial charge in [-0.15, -0.1) is 0 Å². The van der Waals surface area contributed by atoms with Crippen molar-refractivity contribution in [1.82, 2.24) is 4.98 Å². The number of aromatic nitrogens is 1. The van der Waals surface area contributed by atoms with Gasteiger partial charge in [0.15, 0.2) is 12.0 Å². The standard InChI is InChI=1S/C16H23NO5/c1-5-7-21-14(18)12-8-11-10(13(17-12)20-4)9-22-15(19)16(11,3)6-2/h8,15,19H,5-7,9H2,1-4H3. The molecule has 0 radical (unpaired) electrons. The van der Waals surface area contributed by atoms with Crippen LogP contribution in [0, 0.1) is 0 Å². The maximum atomic E-state index is 12.1. The largest absolute Gasteiger partial charge is 0.481 e. The number of esters is 1. The summed E-state index contributed by atoms with van der Waals surface area (Å²) >= 11 is 0. The fourth-order valence-corrected chi connectivity index (χ4v) is 2.58. The number of methoxy groups -OCH3 is 1. The van der Waals surface area contributed by atoms with Crippen LogP contribution in [-0.4, -0.2) is 36.1 Å². The molecule has 0 bridgehead atoms. The number of pyridine rings is 1. The maximum absolute atomic E-state index is 12.1. The summed E-state index contributed by atoms with van der Waals surface area (Å²) in [5.41, 5.74) is 1.16. The van der Waals surface area contributed by atoms with Crippen LogP contribution in [0.1, 0.15) is 55.2 Å². The molecule has 122 valence electrons. The van der Waals surface area contributed by atoms with E-state index in [1.54, 1.807) is 6.07 Å². The molecule has 1 aromatic heterocycles. The van der Waals surface area contributed by atoms with Crippen LogP contribution in [0.3, 0.4) is 0 Å². The lowest BCUT2D eigenvalue weighted by atomic mass is 9.76. The Morgan fingerprint density at radius 3 is 2.86 bits per heavy atom. The second-order valence-corrected chi connectivity index (χ2v) is 5.61. The monoisotopic (exact) mass is 309 g/mol. The van der Waals surface area contributed by atoms with Crippen LogP contribution in [0.5, 0.6) is 5.88 Å². The summed E-state index contributed by atoms with van der Waals surface area (Å²) in [6.07, 6.45) is 0.460. The van der Waals surface area contributed by atoms with E-state index in [0.717, 1.165) is 17.5 Å². The van der Waals surface area contributed by atoms with Gasteiger partial charge in [-0.3, -0.25) is 0 Å². The van der Waals surface area contributed by atoms with Crippen LogP contribution in [0.2, 0.25) is 0 Å². The van der Waals surface area contributed by atoms with Crippen molar-refractivity contribution >= 4 is 5.97 Å². The highest BCUT2D eigenvalue weighted by molar-refractivity contribution is 5.88. The minimum absolute atomic E-state index is 0.192. The Hall–Kier alpha value is -1.66. The van der Waals surface area contributed by atoms with Crippen molar-refractivity contribution < 1.29 is 24.1 Å². The first-order valence-corrected chi connectivity index (χ1v) is 7.53. The van der Waals surface area contributed by atoms with Gasteiger partial charge in [-0.2, -0.15) is 0 Å². The molecular formula is C16H23NO5. The third-order valence-corrected chi connectivity index (χ3v) is 4.21. The van der Waals surface area contributed by atoms with Crippen LogP contribution in [0.25, 0.3) is 0 Å². The fraction of sp³-hybridized carbons (Fsp3) is 0.625. The predicted octanol–water partition coefficient (Wildman–Crippen LogP) is 2.17. The van der Waals surface area contributed by atoms with Crippen molar-refractivity contribution in [2.24, 2.45) is 0 Å². The zero-order valence-electron chi connectivity index (χ0n) is 13.5. The van der Waals surface area contributed by atoms with E-state index < -0.39 is 17.7 Å². The summed E-state index contributed by atoms with van der Waals surface area (Å²) in [5, 5.41) is 10.2. The summed E-state index contributed by atoms with van der Waals surface area (Å²) in [7, 11) is 1.50. The molecule has 1 N–H and O–H groups in total. The molecule has 0 fully saturated rings. The first kappa shape index (κ1) is 16.7. The van der Waals surface area contributed by atoms with Crippen LogP contribution in [-0.2, 0) is 21.5 Å². The molecule has 0 amide bonds. The van der Waals surface area contributed by atoms with Crippen LogP contribution >= 0.6 is 0 Å². The third-order valence-electron chi connectivity index (χ3n) is 4.21. The van der Waals surface area contributed by atoms with Crippen molar-refractivity contribution in [2.75, 3.05) is 13.7 Å². The van der Waals surface area contributed by atoms with Crippen molar-refractivity contribution in [3.63, 3.8) is 0 Å². The Morgan fingerprint density at radius 2 is 2.27 bits per heavy atom. The molecule has 6 heteroatoms. The minimum atomic E-state index is -0.934. The normalized spacial score (nSPS) is 23.8. The number of ether oxygens (including phenoxy) is 3.